The number of benzene rings is 1. The van der Waals surface area contributed by atoms with Gasteiger partial charge in [0.25, 0.3) is 0 Å². The monoisotopic (exact) mass is 418 g/mol. The smallest absolute Gasteiger partial charge is 0.396 e. The van der Waals surface area contributed by atoms with Crippen molar-refractivity contribution in [3.8, 4) is 0 Å². The van der Waals surface area contributed by atoms with Gasteiger partial charge in [-0.05, 0) is 34.5 Å². The Morgan fingerprint density at radius 3 is 2.64 bits per heavy atom. The normalized spacial score (nSPS) is 20.2. The summed E-state index contributed by atoms with van der Waals surface area (Å²) in [6, 6.07) is 8.49. The Morgan fingerprint density at radius 2 is 2.00 bits per heavy atom. The van der Waals surface area contributed by atoms with Gasteiger partial charge in [0.15, 0.2) is 6.29 Å². The van der Waals surface area contributed by atoms with Crippen molar-refractivity contribution in [2.45, 2.75) is 19.6 Å². The molecule has 0 amide bonds. The van der Waals surface area contributed by atoms with Crippen molar-refractivity contribution in [2.24, 2.45) is 10.7 Å². The third-order valence-electron chi connectivity index (χ3n) is 3.72. The van der Waals surface area contributed by atoms with Crippen LogP contribution in [0.5, 0.6) is 0 Å². The Bertz CT molecular complexity index is 588. The summed E-state index contributed by atoms with van der Waals surface area (Å²) in [5.41, 5.74) is 9.82. The largest absolute Gasteiger partial charge is 0.503 e. The molecule has 8 heteroatoms. The van der Waals surface area contributed by atoms with Gasteiger partial charge in [-0.2, -0.15) is 0 Å². The Hall–Kier alpha value is -1.20. The summed E-state index contributed by atoms with van der Waals surface area (Å²) in [5, 5.41) is 0. The fraction of sp³-hybridized carbons (Fsp3) is 0.357. The second-order valence-electron chi connectivity index (χ2n) is 5.03. The molecular formula is C14H19IN4O3. The van der Waals surface area contributed by atoms with Gasteiger partial charge in [0.05, 0.1) is 0 Å². The van der Waals surface area contributed by atoms with Gasteiger partial charge in [-0.3, -0.25) is 5.73 Å². The summed E-state index contributed by atoms with van der Waals surface area (Å²) < 4.78 is 24.5. The molecule has 1 unspecified atom stereocenters. The van der Waals surface area contributed by atoms with E-state index in [4.69, 9.17) is 16.0 Å². The zero-order chi connectivity index (χ0) is 16.3. The molecule has 0 bridgehead atoms. The summed E-state index contributed by atoms with van der Waals surface area (Å²) in [6.07, 6.45) is 2.90. The van der Waals surface area contributed by atoms with Crippen molar-refractivity contribution in [1.29, 1.82) is 0 Å². The van der Waals surface area contributed by atoms with Crippen molar-refractivity contribution in [1.82, 2.24) is 4.90 Å². The average molecular weight is 418 g/mol. The number of allylic oxidation sites excluding steroid dienone is 1. The SMILES string of the molecule is CC1=CC(N2CCc3ccccc32)=NC(N)N1C.[O-][I+2]([O-])O. The molecule has 0 saturated carbocycles. The van der Waals surface area contributed by atoms with Gasteiger partial charge >= 0.3 is 21.1 Å². The van der Waals surface area contributed by atoms with Crippen molar-refractivity contribution < 1.29 is 31.4 Å². The second kappa shape index (κ2) is 7.38. The van der Waals surface area contributed by atoms with Crippen LogP contribution in [0, 0.1) is 0 Å². The van der Waals surface area contributed by atoms with Gasteiger partial charge in [0.2, 0.25) is 0 Å². The number of rotatable bonds is 0. The molecule has 0 saturated heterocycles. The highest BCUT2D eigenvalue weighted by Gasteiger charge is 2.25. The molecule has 2 aliphatic rings. The van der Waals surface area contributed by atoms with E-state index in [1.807, 2.05) is 11.9 Å². The minimum atomic E-state index is -3.76. The molecule has 120 valence electrons. The standard InChI is InChI=1S/C14H18N4.HIO3/c1-10-9-13(16-14(15)17(10)2)18-8-7-11-5-3-4-6-12(11)18;2-1(3)4/h3-6,9,14H,7-8,15H2,1-2H3;2H. The zero-order valence-electron chi connectivity index (χ0n) is 12.4. The lowest BCUT2D eigenvalue weighted by atomic mass is 10.2. The molecule has 0 spiro atoms. The number of aliphatic imine (C=N–C) groups is 1. The van der Waals surface area contributed by atoms with Crippen LogP contribution in [0.3, 0.4) is 0 Å². The Kier molecular flexibility index (Phi) is 5.75. The van der Waals surface area contributed by atoms with Crippen LogP contribution in [0.2, 0.25) is 0 Å². The van der Waals surface area contributed by atoms with Crippen LogP contribution in [0.1, 0.15) is 12.5 Å². The van der Waals surface area contributed by atoms with Gasteiger partial charge in [-0.1, -0.05) is 18.2 Å². The van der Waals surface area contributed by atoms with Crippen molar-refractivity contribution >= 4 is 11.5 Å². The lowest BCUT2D eigenvalue weighted by Gasteiger charge is -2.31. The predicted octanol–water partition coefficient (Wildman–Crippen LogP) is -4.39. The Morgan fingerprint density at radius 1 is 1.36 bits per heavy atom. The van der Waals surface area contributed by atoms with E-state index in [0.29, 0.717) is 0 Å². The van der Waals surface area contributed by atoms with E-state index < -0.39 is 21.1 Å². The molecule has 0 fully saturated rings. The van der Waals surface area contributed by atoms with Crippen LogP contribution in [-0.4, -0.2) is 34.1 Å². The number of nitrogens with zero attached hydrogens (tertiary/aromatic N) is 3. The number of hydrogen-bond acceptors (Lipinski definition) is 7. The number of nitrogens with two attached hydrogens (primary N) is 1. The number of halogens is 1. The maximum absolute atomic E-state index is 8.68. The maximum atomic E-state index is 8.68. The van der Waals surface area contributed by atoms with Crippen molar-refractivity contribution in [3.63, 3.8) is 0 Å². The summed E-state index contributed by atoms with van der Waals surface area (Å²) >= 11 is -3.76. The number of amidine groups is 1. The summed E-state index contributed by atoms with van der Waals surface area (Å²) in [4.78, 5) is 8.80. The fourth-order valence-electron chi connectivity index (χ4n) is 2.48. The summed E-state index contributed by atoms with van der Waals surface area (Å²) in [6.45, 7) is 3.05. The van der Waals surface area contributed by atoms with Crippen LogP contribution in [0.15, 0.2) is 41.0 Å². The highest BCUT2D eigenvalue weighted by atomic mass is 127. The maximum Gasteiger partial charge on any atom is 0.503 e. The molecule has 22 heavy (non-hydrogen) atoms. The second-order valence-corrected chi connectivity index (χ2v) is 6.18. The Balaban J connectivity index is 0.000000396. The summed E-state index contributed by atoms with van der Waals surface area (Å²) in [5.74, 6) is 0.975. The molecule has 1 aromatic rings. The molecule has 3 rings (SSSR count). The molecule has 2 aliphatic heterocycles. The van der Waals surface area contributed by atoms with Gasteiger partial charge in [0, 0.05) is 25.0 Å². The van der Waals surface area contributed by atoms with Crippen LogP contribution in [0.25, 0.3) is 0 Å². The van der Waals surface area contributed by atoms with Crippen LogP contribution >= 0.6 is 0 Å². The van der Waals surface area contributed by atoms with E-state index in [-0.39, 0.29) is 6.29 Å². The number of fused-ring (bicyclic) bond motifs is 1. The first-order valence-electron chi connectivity index (χ1n) is 6.74. The minimum Gasteiger partial charge on any atom is -0.396 e. The topological polar surface area (TPSA) is 111 Å². The number of hydrogen-bond donors (Lipinski definition) is 2. The molecule has 3 N–H and O–H groups in total. The van der Waals surface area contributed by atoms with Gasteiger partial charge in [0.1, 0.15) is 5.84 Å². The third-order valence-corrected chi connectivity index (χ3v) is 3.72. The first-order valence-corrected chi connectivity index (χ1v) is 9.47. The molecule has 0 radical (unpaired) electrons. The first-order chi connectivity index (χ1) is 10.4. The molecule has 0 aliphatic carbocycles. The highest BCUT2D eigenvalue weighted by Crippen LogP contribution is 2.29. The molecular weight excluding hydrogens is 399 g/mol. The van der Waals surface area contributed by atoms with E-state index in [1.54, 1.807) is 0 Å². The van der Waals surface area contributed by atoms with Crippen LogP contribution in [0.4, 0.5) is 5.69 Å². The van der Waals surface area contributed by atoms with E-state index in [9.17, 15) is 0 Å². The lowest BCUT2D eigenvalue weighted by Crippen LogP contribution is -3.98. The Labute approximate surface area is 138 Å². The fourth-order valence-corrected chi connectivity index (χ4v) is 2.48. The van der Waals surface area contributed by atoms with Gasteiger partial charge in [-0.25, -0.2) is 4.99 Å². The molecule has 0 aromatic heterocycles. The lowest BCUT2D eigenvalue weighted by molar-refractivity contribution is -1.63. The molecule has 1 atom stereocenters. The number of para-hydroxylation sites is 1. The molecule has 1 aromatic carbocycles. The summed E-state index contributed by atoms with van der Waals surface area (Å²) in [7, 11) is 1.97. The van der Waals surface area contributed by atoms with Gasteiger partial charge in [-0.15, -0.1) is 0 Å². The van der Waals surface area contributed by atoms with E-state index in [0.717, 1.165) is 24.5 Å². The van der Waals surface area contributed by atoms with Crippen molar-refractivity contribution in [3.05, 3.63) is 41.6 Å². The highest BCUT2D eigenvalue weighted by molar-refractivity contribution is 6.07. The zero-order valence-corrected chi connectivity index (χ0v) is 14.6. The van der Waals surface area contributed by atoms with Crippen molar-refractivity contribution in [2.75, 3.05) is 18.5 Å². The molecule has 7 nitrogen and oxygen atoms in total. The van der Waals surface area contributed by atoms with E-state index >= 15 is 0 Å². The minimum absolute atomic E-state index is 0.280. The third kappa shape index (κ3) is 3.96. The van der Waals surface area contributed by atoms with Crippen LogP contribution < -0.4 is 38.6 Å². The predicted molar refractivity (Wildman–Crippen MR) is 76.6 cm³/mol. The van der Waals surface area contributed by atoms with Crippen LogP contribution in [-0.2, 0) is 6.42 Å². The molecule has 2 heterocycles. The average Bonchev–Trinajstić information content (AvgIpc) is 2.87. The quantitative estimate of drug-likeness (QED) is 0.412. The number of anilines is 1. The first kappa shape index (κ1) is 17.2. The van der Waals surface area contributed by atoms with E-state index in [2.05, 4.69) is 47.2 Å². The van der Waals surface area contributed by atoms with Gasteiger partial charge < -0.3 is 16.7 Å². The van der Waals surface area contributed by atoms with E-state index in [1.165, 1.54) is 11.3 Å².